The minimum atomic E-state index is -5.28. The van der Waals surface area contributed by atoms with Gasteiger partial charge in [0.2, 0.25) is 41.4 Å². The third-order valence-corrected chi connectivity index (χ3v) is 23.0. The number of phosphoric acid groups is 1. The van der Waals surface area contributed by atoms with Crippen LogP contribution in [0.5, 0.6) is 0 Å². The topological polar surface area (TPSA) is 525 Å². The molecule has 8 bridgehead atoms. The molecule has 20 unspecified atom stereocenters. The van der Waals surface area contributed by atoms with Crippen LogP contribution in [-0.2, 0) is 80.1 Å². The van der Waals surface area contributed by atoms with Gasteiger partial charge < -0.3 is 88.3 Å². The molecule has 8 aliphatic rings. The predicted octanol–water partition coefficient (Wildman–Crippen LogP) is 2.26. The molecule has 0 aromatic carbocycles. The molecule has 0 radical (unpaired) electrons. The van der Waals surface area contributed by atoms with E-state index in [1.54, 1.807) is 6.92 Å². The number of fused-ring (bicyclic) bond motifs is 7. The van der Waals surface area contributed by atoms with Gasteiger partial charge in [0, 0.05) is 108 Å². The summed E-state index contributed by atoms with van der Waals surface area (Å²) in [4.78, 5) is 125. The van der Waals surface area contributed by atoms with Crippen LogP contribution in [0, 0.1) is 57.2 Å². The molecule has 7 aliphatic heterocycles. The minimum Gasteiger partial charge on any atom is -0.756 e. The molecule has 1 saturated carbocycles. The van der Waals surface area contributed by atoms with E-state index in [1.165, 1.54) is 6.92 Å². The Morgan fingerprint density at radius 2 is 1.40 bits per heavy atom. The van der Waals surface area contributed by atoms with Crippen molar-refractivity contribution < 1.29 is 97.1 Å². The van der Waals surface area contributed by atoms with E-state index >= 15 is 0 Å². The van der Waals surface area contributed by atoms with Gasteiger partial charge in [-0.25, -0.2) is 4.21 Å². The number of carbonyl (C=O) groups is 7. The van der Waals surface area contributed by atoms with E-state index in [2.05, 4.69) is 19.2 Å². The number of nitrogens with zero attached hydrogens (tertiary/aromatic N) is 6. The zero-order chi connectivity index (χ0) is 70.3. The van der Waals surface area contributed by atoms with Crippen molar-refractivity contribution >= 4 is 77.7 Å². The fourth-order valence-corrected chi connectivity index (χ4v) is 17.7. The number of hydrogen-bond donors (Lipinski definition) is 10. The molecular weight excluding hydrogens is 1320 g/mol. The van der Waals surface area contributed by atoms with Crippen molar-refractivity contribution in [1.29, 1.82) is 0 Å². The Balaban J connectivity index is 0.00000278. The smallest absolute Gasteiger partial charge is 0.756 e. The van der Waals surface area contributed by atoms with Crippen LogP contribution in [0.4, 0.5) is 0 Å². The standard InChI is InChI=1S/C62H97N13O14P.Co.H2O3S/c1-29-20-39-40(21-30(29)2)75(28-70-39)57-52(84)53(41(27-76)87-57)89-90(85,86)88-31(3)26-69-49(83)18-19-59(8)37(22-46(66)80)56-62(11)61(10,25-48(68)82)36(14-17-45(65)79)51(74-62)33(5)55-60(9,24-47(67)81)34(12-15-43(63)77)38(71-55)23-42-58(6,7)35(13-16-44(64)78)50(72-42)32(4)54(59)73-56;;1-4(2)3/h23,29-31,34-37,39-41,52-53,56-57,76,84H,12-22,24-28H2,1-11H3,(H15,63,64,65,66,67,68,69,71,72,73,74,77,78,79,80,81,82,83,85,86);;(H2,1,2,3)/q-1;+3;/p-3. The third kappa shape index (κ3) is 16.4. The number of aliphatic hydroxyl groups excluding tert-OH is 2. The maximum atomic E-state index is 14.4. The molecular formula is C62H96CoN13O17PS-. The second-order valence-electron chi connectivity index (χ2n) is 28.5. The normalized spacial score (nSPS) is 37.9. The second-order valence-corrected chi connectivity index (χ2v) is 30.3. The molecule has 7 heterocycles. The number of aliphatic imine (C=N–C) groups is 3. The van der Waals surface area contributed by atoms with Crippen molar-refractivity contribution in [3.63, 3.8) is 0 Å². The average molecular weight is 1420 g/mol. The number of primary amides is 6. The Bertz CT molecular complexity index is 3270. The van der Waals surface area contributed by atoms with Gasteiger partial charge in [-0.05, 0) is 106 Å². The summed E-state index contributed by atoms with van der Waals surface area (Å²) in [5.41, 5.74) is 33.7. The van der Waals surface area contributed by atoms with Crippen LogP contribution in [0.15, 0.2) is 49.3 Å². The number of hydrogen-bond acceptors (Lipinski definition) is 20. The molecule has 8 rings (SSSR count). The van der Waals surface area contributed by atoms with E-state index < -0.39 is 155 Å². The van der Waals surface area contributed by atoms with Crippen LogP contribution in [0.2, 0.25) is 0 Å². The Morgan fingerprint density at radius 1 is 0.832 bits per heavy atom. The molecule has 7 amide bonds. The molecule has 95 heavy (non-hydrogen) atoms. The van der Waals surface area contributed by atoms with Crippen LogP contribution in [0.1, 0.15) is 160 Å². The SMILES string of the molecule is C/C1=C2N=C(/C=C3N=C(/C(C)=C4\[N-]C(C(CC(N)=O)C4(C)CCC(=O)NCC(C)OP(=O)([O-])OC4C(CO)OC(N5C[N-]C6CC(C)C(C)CC65)C4O)C4(C)N=C1C(CCC(N)=O)C4(C)CC(N)=O)C(CCC(N)=O)C\3(C)C)C(CCC(N)=O)C/2(C)CC(N)=O.O=S([O-])O.[Co+3]. The van der Waals surface area contributed by atoms with Gasteiger partial charge in [0.25, 0.3) is 7.82 Å². The average Bonchev–Trinajstić information content (AvgIpc) is 1.53. The van der Waals surface area contributed by atoms with Gasteiger partial charge >= 0.3 is 16.8 Å². The first kappa shape index (κ1) is 78.8. The van der Waals surface area contributed by atoms with Crippen molar-refractivity contribution in [2.45, 2.75) is 214 Å². The number of phosphoric ester groups is 1. The number of amides is 7. The predicted molar refractivity (Wildman–Crippen MR) is 344 cm³/mol. The third-order valence-electron chi connectivity index (χ3n) is 21.9. The zero-order valence-corrected chi connectivity index (χ0v) is 58.6. The van der Waals surface area contributed by atoms with Gasteiger partial charge in [-0.3, -0.25) is 58.0 Å². The maximum absolute atomic E-state index is 14.4. The summed E-state index contributed by atoms with van der Waals surface area (Å²) in [7, 11) is -5.28. The van der Waals surface area contributed by atoms with Crippen molar-refractivity contribution in [3.8, 4) is 0 Å². The first-order valence-corrected chi connectivity index (χ1v) is 34.5. The first-order valence-electron chi connectivity index (χ1n) is 32.0. The molecule has 3 saturated heterocycles. The van der Waals surface area contributed by atoms with Gasteiger partial charge in [-0.2, -0.15) is 5.70 Å². The molecule has 16 N–H and O–H groups in total. The zero-order valence-electron chi connectivity index (χ0n) is 55.9. The maximum Gasteiger partial charge on any atom is 3.00 e. The molecule has 20 atom stereocenters. The number of rotatable bonds is 26. The van der Waals surface area contributed by atoms with Crippen LogP contribution in [0.25, 0.3) is 10.6 Å². The number of nitrogens with one attached hydrogen (secondary N) is 1. The summed E-state index contributed by atoms with van der Waals surface area (Å²) in [6, 6.07) is -1.07. The van der Waals surface area contributed by atoms with Crippen LogP contribution in [-0.4, -0.2) is 161 Å². The van der Waals surface area contributed by atoms with E-state index in [9.17, 15) is 53.2 Å². The number of ether oxygens (including phenoxy) is 1. The quantitative estimate of drug-likeness (QED) is 0.0438. The fraction of sp³-hybridized carbons (Fsp3) is 0.742. The van der Waals surface area contributed by atoms with Crippen molar-refractivity contribution in [2.75, 3.05) is 19.8 Å². The van der Waals surface area contributed by atoms with Crippen LogP contribution in [0.3, 0.4) is 0 Å². The van der Waals surface area contributed by atoms with E-state index in [1.807, 2.05) is 59.4 Å². The molecule has 0 spiro atoms. The molecule has 33 heteroatoms. The Kier molecular flexibility index (Phi) is 25.3. The fourth-order valence-electron chi connectivity index (χ4n) is 16.5. The molecule has 1 aliphatic carbocycles. The van der Waals surface area contributed by atoms with Gasteiger partial charge in [0.15, 0.2) is 0 Å². The number of aliphatic hydroxyl groups is 2. The monoisotopic (exact) mass is 1420 g/mol. The van der Waals surface area contributed by atoms with E-state index in [4.69, 9.17) is 87.1 Å². The molecule has 0 aromatic heterocycles. The summed E-state index contributed by atoms with van der Waals surface area (Å²) in [5.74, 6) is -6.50. The van der Waals surface area contributed by atoms with Crippen molar-refractivity contribution in [2.24, 2.45) is 107 Å². The van der Waals surface area contributed by atoms with E-state index in [0.29, 0.717) is 57.2 Å². The number of carbonyl (C=O) groups excluding carboxylic acids is 7. The van der Waals surface area contributed by atoms with Crippen LogP contribution >= 0.6 is 7.82 Å². The Morgan fingerprint density at radius 3 is 1.96 bits per heavy atom. The number of nitrogens with two attached hydrogens (primary N) is 6. The van der Waals surface area contributed by atoms with Crippen molar-refractivity contribution in [3.05, 3.63) is 44.9 Å². The molecule has 4 fully saturated rings. The van der Waals surface area contributed by atoms with E-state index in [-0.39, 0.29) is 113 Å². The van der Waals surface area contributed by atoms with Crippen molar-refractivity contribution in [1.82, 2.24) is 10.2 Å². The van der Waals surface area contributed by atoms with Gasteiger partial charge in [-0.1, -0.05) is 67.6 Å². The van der Waals surface area contributed by atoms with Crippen LogP contribution < -0.4 is 44.6 Å². The number of allylic oxidation sites excluding steroid dienone is 6. The Labute approximate surface area is 567 Å². The summed E-state index contributed by atoms with van der Waals surface area (Å²) in [5, 5.41) is 35.0. The van der Waals surface area contributed by atoms with E-state index in [0.717, 1.165) is 12.8 Å². The summed E-state index contributed by atoms with van der Waals surface area (Å²) < 4.78 is 54.7. The first-order chi connectivity index (χ1) is 43.6. The second kappa shape index (κ2) is 30.5. The van der Waals surface area contributed by atoms with Gasteiger partial charge in [0.05, 0.1) is 35.3 Å². The van der Waals surface area contributed by atoms with Gasteiger partial charge in [0.1, 0.15) is 24.5 Å². The molecule has 532 valence electrons. The molecule has 30 nitrogen and oxygen atoms in total. The Hall–Kier alpha value is -5.19. The largest absolute Gasteiger partial charge is 3.00 e. The minimum absolute atomic E-state index is 0. The summed E-state index contributed by atoms with van der Waals surface area (Å²) in [6.07, 6.45) is -3.99. The summed E-state index contributed by atoms with van der Waals surface area (Å²) >= 11 is -2.86. The van der Waals surface area contributed by atoms with Gasteiger partial charge in [-0.15, -0.1) is 6.04 Å². The molecule has 0 aromatic rings. The summed E-state index contributed by atoms with van der Waals surface area (Å²) in [6.45, 7) is 19.9.